The first-order chi connectivity index (χ1) is 27.0. The van der Waals surface area contributed by atoms with Crippen molar-refractivity contribution in [1.82, 2.24) is 8.97 Å². The van der Waals surface area contributed by atoms with Crippen LogP contribution in [0.5, 0.6) is 11.5 Å². The Labute approximate surface area is 324 Å². The van der Waals surface area contributed by atoms with Crippen molar-refractivity contribution in [2.75, 3.05) is 4.90 Å². The molecule has 283 valence electrons. The van der Waals surface area contributed by atoms with E-state index >= 15 is 22.0 Å². The average molecular weight is 769 g/mol. The monoisotopic (exact) mass is 768 g/mol. The Morgan fingerprint density at radius 3 is 1.61 bits per heavy atom. The molecule has 6 aromatic carbocycles. The van der Waals surface area contributed by atoms with Crippen LogP contribution >= 0.6 is 0 Å². The minimum atomic E-state index is -1.13. The van der Waals surface area contributed by atoms with Crippen molar-refractivity contribution >= 4 is 62.9 Å². The molecular formula is C46H33BF6N3O. The van der Waals surface area contributed by atoms with Gasteiger partial charge in [0.25, 0.3) is 0 Å². The van der Waals surface area contributed by atoms with Gasteiger partial charge in [-0.15, -0.1) is 0 Å². The van der Waals surface area contributed by atoms with Gasteiger partial charge < -0.3 is 9.64 Å². The maximum Gasteiger partial charge on any atom is 0.202 e. The lowest BCUT2D eigenvalue weighted by Gasteiger charge is -2.37. The fraction of sp³-hybridized carbons (Fsp3) is 0.174. The lowest BCUT2D eigenvalue weighted by molar-refractivity contribution is 0.469. The maximum atomic E-state index is 15.9. The van der Waals surface area contributed by atoms with E-state index in [1.165, 1.54) is 18.2 Å². The van der Waals surface area contributed by atoms with Crippen molar-refractivity contribution < 1.29 is 31.1 Å². The first-order valence-corrected chi connectivity index (χ1v) is 18.6. The molecule has 4 nitrogen and oxygen atoms in total. The first kappa shape index (κ1) is 35.3. The summed E-state index contributed by atoms with van der Waals surface area (Å²) in [6, 6.07) is 23.0. The van der Waals surface area contributed by atoms with E-state index in [4.69, 9.17) is 4.74 Å². The summed E-state index contributed by atoms with van der Waals surface area (Å²) in [7, 11) is 1.81. The molecule has 0 unspecified atom stereocenters. The van der Waals surface area contributed by atoms with Crippen molar-refractivity contribution in [3.63, 3.8) is 0 Å². The second-order valence-corrected chi connectivity index (χ2v) is 16.9. The van der Waals surface area contributed by atoms with Crippen molar-refractivity contribution in [1.29, 1.82) is 0 Å². The van der Waals surface area contributed by atoms with E-state index in [2.05, 4.69) is 41.5 Å². The fourth-order valence-electron chi connectivity index (χ4n) is 8.35. The summed E-state index contributed by atoms with van der Waals surface area (Å²) in [5.74, 6) is -4.96. The van der Waals surface area contributed by atoms with Gasteiger partial charge in [0.2, 0.25) is 7.28 Å². The van der Waals surface area contributed by atoms with Crippen LogP contribution in [-0.2, 0) is 10.8 Å². The zero-order valence-electron chi connectivity index (χ0n) is 31.8. The van der Waals surface area contributed by atoms with E-state index in [1.807, 2.05) is 48.6 Å². The summed E-state index contributed by atoms with van der Waals surface area (Å²) in [4.78, 5) is 1.97. The largest absolute Gasteiger partial charge is 0.453 e. The van der Waals surface area contributed by atoms with Crippen molar-refractivity contribution in [2.24, 2.45) is 0 Å². The van der Waals surface area contributed by atoms with Crippen LogP contribution in [0, 0.1) is 34.9 Å². The fourth-order valence-corrected chi connectivity index (χ4v) is 8.35. The van der Waals surface area contributed by atoms with Gasteiger partial charge in [-0.2, -0.15) is 0 Å². The normalized spacial score (nSPS) is 13.5. The van der Waals surface area contributed by atoms with Gasteiger partial charge in [-0.3, -0.25) is 8.97 Å². The molecule has 11 heteroatoms. The second-order valence-electron chi connectivity index (χ2n) is 16.9. The second kappa shape index (κ2) is 11.7. The number of nitrogens with zero attached hydrogens (tertiary/aromatic N) is 3. The van der Waals surface area contributed by atoms with E-state index in [0.717, 1.165) is 35.4 Å². The molecule has 1 radical (unpaired) electrons. The third-order valence-electron chi connectivity index (χ3n) is 11.2. The smallest absolute Gasteiger partial charge is 0.202 e. The summed E-state index contributed by atoms with van der Waals surface area (Å²) in [6.07, 6.45) is 0. The molecule has 0 aliphatic carbocycles. The Bertz CT molecular complexity index is 3000. The Kier molecular flexibility index (Phi) is 7.27. The van der Waals surface area contributed by atoms with Crippen LogP contribution in [0.2, 0.25) is 0 Å². The number of fused-ring (bicyclic) bond motifs is 10. The topological polar surface area (TPSA) is 21.8 Å². The molecular weight excluding hydrogens is 735 g/mol. The van der Waals surface area contributed by atoms with E-state index in [0.29, 0.717) is 56.2 Å². The van der Waals surface area contributed by atoms with Crippen LogP contribution in [-0.4, -0.2) is 16.2 Å². The molecule has 0 N–H and O–H groups in total. The van der Waals surface area contributed by atoms with E-state index in [9.17, 15) is 4.39 Å². The molecule has 0 saturated heterocycles. The minimum Gasteiger partial charge on any atom is -0.453 e. The van der Waals surface area contributed by atoms with E-state index < -0.39 is 34.9 Å². The van der Waals surface area contributed by atoms with Gasteiger partial charge in [-0.25, -0.2) is 26.3 Å². The number of aromatic nitrogens is 2. The molecule has 0 fully saturated rings. The first-order valence-electron chi connectivity index (χ1n) is 18.6. The van der Waals surface area contributed by atoms with Gasteiger partial charge in [-0.05, 0) is 98.4 Å². The SMILES string of the molecule is CC(C)(C)c1ccc2c(c1)Oc1cc(C(C)(C)C)ccc1N2c1cc(-c2c(F)cccc2F)cc2c1[B]c1c3cc(F)c(F)cc3n3c4cc(F)c(F)cc4n-2c13. The highest BCUT2D eigenvalue weighted by atomic mass is 19.2. The predicted molar refractivity (Wildman–Crippen MR) is 214 cm³/mol. The van der Waals surface area contributed by atoms with Crippen LogP contribution in [0.1, 0.15) is 52.7 Å². The lowest BCUT2D eigenvalue weighted by atomic mass is 9.60. The van der Waals surface area contributed by atoms with Crippen LogP contribution < -0.4 is 20.6 Å². The van der Waals surface area contributed by atoms with Gasteiger partial charge in [0.1, 0.15) is 17.3 Å². The summed E-state index contributed by atoms with van der Waals surface area (Å²) in [5.41, 5.74) is 5.51. The van der Waals surface area contributed by atoms with Gasteiger partial charge in [-0.1, -0.05) is 59.7 Å². The van der Waals surface area contributed by atoms with Crippen LogP contribution in [0.3, 0.4) is 0 Å². The minimum absolute atomic E-state index is 0.166. The number of hydrogen-bond acceptors (Lipinski definition) is 2. The molecule has 0 spiro atoms. The number of halogens is 6. The number of rotatable bonds is 2. The maximum absolute atomic E-state index is 15.9. The summed E-state index contributed by atoms with van der Waals surface area (Å²) >= 11 is 0. The van der Waals surface area contributed by atoms with Crippen molar-refractivity contribution in [3.8, 4) is 28.3 Å². The Hall–Kier alpha value is -6.10. The summed E-state index contributed by atoms with van der Waals surface area (Å²) in [6.45, 7) is 12.6. The predicted octanol–water partition coefficient (Wildman–Crippen LogP) is 11.7. The molecule has 57 heavy (non-hydrogen) atoms. The van der Waals surface area contributed by atoms with Gasteiger partial charge >= 0.3 is 0 Å². The molecule has 0 saturated carbocycles. The molecule has 0 atom stereocenters. The van der Waals surface area contributed by atoms with Crippen LogP contribution in [0.4, 0.5) is 43.4 Å². The third-order valence-corrected chi connectivity index (χ3v) is 11.2. The van der Waals surface area contributed by atoms with Crippen molar-refractivity contribution in [3.05, 3.63) is 137 Å². The molecule has 4 heterocycles. The number of benzene rings is 6. The molecule has 10 rings (SSSR count). The Morgan fingerprint density at radius 1 is 0.509 bits per heavy atom. The molecule has 2 aliphatic rings. The van der Waals surface area contributed by atoms with Crippen molar-refractivity contribution in [2.45, 2.75) is 52.4 Å². The highest BCUT2D eigenvalue weighted by molar-refractivity contribution is 6.75. The highest BCUT2D eigenvalue weighted by Gasteiger charge is 2.36. The van der Waals surface area contributed by atoms with E-state index in [1.54, 1.807) is 21.1 Å². The lowest BCUT2D eigenvalue weighted by Crippen LogP contribution is -2.39. The van der Waals surface area contributed by atoms with Gasteiger partial charge in [0.05, 0.1) is 33.5 Å². The number of hydrogen-bond donors (Lipinski definition) is 0. The summed E-state index contributed by atoms with van der Waals surface area (Å²) < 4.78 is 102. The highest BCUT2D eigenvalue weighted by Crippen LogP contribution is 2.53. The zero-order chi connectivity index (χ0) is 40.0. The average Bonchev–Trinajstić information content (AvgIpc) is 3.63. The van der Waals surface area contributed by atoms with Gasteiger partial charge in [0, 0.05) is 29.6 Å². The molecule has 0 amide bonds. The Morgan fingerprint density at radius 2 is 1.04 bits per heavy atom. The van der Waals surface area contributed by atoms with Crippen LogP contribution in [0.15, 0.2) is 91.0 Å². The number of imidazole rings is 1. The van der Waals surface area contributed by atoms with E-state index in [-0.39, 0.29) is 38.5 Å². The quantitative estimate of drug-likeness (QED) is 0.129. The zero-order valence-corrected chi connectivity index (χ0v) is 31.8. The molecule has 2 aliphatic heterocycles. The third kappa shape index (κ3) is 5.10. The molecule has 2 aromatic heterocycles. The number of ether oxygens (including phenoxy) is 1. The number of anilines is 3. The summed E-state index contributed by atoms with van der Waals surface area (Å²) in [5, 5.41) is 0.331. The molecule has 8 aromatic rings. The standard InChI is InChI=1S/C46H33BF6N3O/c1-45(2,3)23-10-12-32-39(16-23)57-40-17-24(46(4,5)6)11-13-33(40)54(32)37-14-22(41-26(48)8-7-9-27(41)49)15-38-43(37)47-42-25-18-28(50)29(51)19-34(25)55-35-20-30(52)31(53)21-36(35)56(38)44(42)55/h7-21H,1-6H3. The van der Waals surface area contributed by atoms with Gasteiger partial charge in [0.15, 0.2) is 34.8 Å². The van der Waals surface area contributed by atoms with Crippen LogP contribution in [0.25, 0.3) is 44.4 Å². The Balaban J connectivity index is 1.36. The molecule has 0 bridgehead atoms.